The standard InChI is InChI=1S/C34H42ClN3O4S/c1-25(2)43(41,42)24-34(29-10-4-3-5-11-29)18-20-38(21-19-34)33(40)31(22-26-12-15-30(35)16-13-26)37-32(39)17-14-27-8-6-7-9-28(27)23-36/h3-13,15-16,25,31H,14,17-24,36H2,1-2H3,(H,37,39)/t31-/m1/s1. The Balaban J connectivity index is 1.51. The summed E-state index contributed by atoms with van der Waals surface area (Å²) in [5.74, 6) is -0.337. The lowest BCUT2D eigenvalue weighted by Gasteiger charge is -2.43. The molecular formula is C34H42ClN3O4S. The lowest BCUT2D eigenvalue weighted by molar-refractivity contribution is -0.137. The molecule has 0 saturated carbocycles. The molecule has 1 heterocycles. The van der Waals surface area contributed by atoms with Gasteiger partial charge < -0.3 is 16.0 Å². The minimum Gasteiger partial charge on any atom is -0.344 e. The van der Waals surface area contributed by atoms with E-state index in [0.717, 1.165) is 22.3 Å². The van der Waals surface area contributed by atoms with Gasteiger partial charge in [-0.1, -0.05) is 78.3 Å². The highest BCUT2D eigenvalue weighted by atomic mass is 35.5. The number of nitrogens with two attached hydrogens (primary N) is 1. The Bertz CT molecular complexity index is 1490. The van der Waals surface area contributed by atoms with Crippen molar-refractivity contribution in [3.63, 3.8) is 0 Å². The van der Waals surface area contributed by atoms with Crippen LogP contribution in [0.25, 0.3) is 0 Å². The number of aryl methyl sites for hydroxylation is 1. The number of rotatable bonds is 12. The monoisotopic (exact) mass is 623 g/mol. The first-order valence-corrected chi connectivity index (χ1v) is 17.0. The third kappa shape index (κ3) is 8.46. The maximum absolute atomic E-state index is 14.0. The summed E-state index contributed by atoms with van der Waals surface area (Å²) in [7, 11) is -3.33. The molecule has 1 saturated heterocycles. The number of hydrogen-bond acceptors (Lipinski definition) is 5. The molecule has 1 aliphatic heterocycles. The number of carbonyl (C=O) groups is 2. The van der Waals surface area contributed by atoms with Crippen molar-refractivity contribution >= 4 is 33.3 Å². The van der Waals surface area contributed by atoms with Gasteiger partial charge in [-0.2, -0.15) is 0 Å². The number of halogens is 1. The van der Waals surface area contributed by atoms with Crippen LogP contribution in [0.15, 0.2) is 78.9 Å². The lowest BCUT2D eigenvalue weighted by Crippen LogP contribution is -2.54. The van der Waals surface area contributed by atoms with Crippen molar-refractivity contribution < 1.29 is 18.0 Å². The van der Waals surface area contributed by atoms with E-state index in [1.54, 1.807) is 30.9 Å². The summed E-state index contributed by atoms with van der Waals surface area (Å²) in [5, 5.41) is 3.11. The molecular weight excluding hydrogens is 582 g/mol. The van der Waals surface area contributed by atoms with E-state index in [1.807, 2.05) is 66.7 Å². The lowest BCUT2D eigenvalue weighted by atomic mass is 9.74. The van der Waals surface area contributed by atoms with Gasteiger partial charge in [0.15, 0.2) is 9.84 Å². The number of sulfone groups is 1. The molecule has 0 aromatic heterocycles. The number of likely N-dealkylation sites (tertiary alicyclic amines) is 1. The van der Waals surface area contributed by atoms with Gasteiger partial charge in [-0.25, -0.2) is 8.42 Å². The average Bonchev–Trinajstić information content (AvgIpc) is 3.01. The fraction of sp³-hybridized carbons (Fsp3) is 0.412. The van der Waals surface area contributed by atoms with Gasteiger partial charge in [0.1, 0.15) is 6.04 Å². The van der Waals surface area contributed by atoms with Crippen molar-refractivity contribution in [3.8, 4) is 0 Å². The first-order chi connectivity index (χ1) is 20.5. The topological polar surface area (TPSA) is 110 Å². The van der Waals surface area contributed by atoms with Gasteiger partial charge in [-0.05, 0) is 67.5 Å². The van der Waals surface area contributed by atoms with Crippen molar-refractivity contribution in [3.05, 3.63) is 106 Å². The predicted molar refractivity (Wildman–Crippen MR) is 173 cm³/mol. The van der Waals surface area contributed by atoms with Crippen LogP contribution in [0.4, 0.5) is 0 Å². The molecule has 0 radical (unpaired) electrons. The van der Waals surface area contributed by atoms with Gasteiger partial charge in [0.05, 0.1) is 11.0 Å². The third-order valence-electron chi connectivity index (χ3n) is 8.56. The minimum atomic E-state index is -3.33. The van der Waals surface area contributed by atoms with Gasteiger partial charge in [0, 0.05) is 42.9 Å². The minimum absolute atomic E-state index is 0.0406. The normalized spacial score (nSPS) is 15.7. The van der Waals surface area contributed by atoms with Crippen molar-refractivity contribution in [2.45, 2.75) is 69.2 Å². The van der Waals surface area contributed by atoms with Crippen LogP contribution in [0.5, 0.6) is 0 Å². The molecule has 0 spiro atoms. The van der Waals surface area contributed by atoms with Crippen LogP contribution in [0.2, 0.25) is 5.02 Å². The molecule has 7 nitrogen and oxygen atoms in total. The van der Waals surface area contributed by atoms with Crippen LogP contribution in [0.3, 0.4) is 0 Å². The van der Waals surface area contributed by atoms with E-state index in [-0.39, 0.29) is 24.0 Å². The number of nitrogens with zero attached hydrogens (tertiary/aromatic N) is 1. The van der Waals surface area contributed by atoms with Crippen molar-refractivity contribution in [2.24, 2.45) is 5.73 Å². The zero-order valence-electron chi connectivity index (χ0n) is 25.0. The molecule has 3 N–H and O–H groups in total. The summed E-state index contributed by atoms with van der Waals surface area (Å²) in [6.07, 6.45) is 2.11. The molecule has 0 bridgehead atoms. The third-order valence-corrected chi connectivity index (χ3v) is 11.2. The molecule has 230 valence electrons. The van der Waals surface area contributed by atoms with E-state index < -0.39 is 26.5 Å². The first-order valence-electron chi connectivity index (χ1n) is 14.9. The Hall–Kier alpha value is -3.20. The maximum atomic E-state index is 14.0. The highest BCUT2D eigenvalue weighted by Crippen LogP contribution is 2.38. The molecule has 1 fully saturated rings. The van der Waals surface area contributed by atoms with E-state index in [1.165, 1.54) is 0 Å². The summed E-state index contributed by atoms with van der Waals surface area (Å²) in [6.45, 7) is 4.63. The zero-order valence-corrected chi connectivity index (χ0v) is 26.5. The smallest absolute Gasteiger partial charge is 0.245 e. The van der Waals surface area contributed by atoms with E-state index >= 15 is 0 Å². The number of carbonyl (C=O) groups excluding carboxylic acids is 2. The SMILES string of the molecule is CC(C)S(=O)(=O)CC1(c2ccccc2)CCN(C(=O)[C@@H](Cc2ccc(Cl)cc2)NC(=O)CCc2ccccc2CN)CC1. The summed E-state index contributed by atoms with van der Waals surface area (Å²) in [4.78, 5) is 28.9. The van der Waals surface area contributed by atoms with E-state index in [9.17, 15) is 18.0 Å². The van der Waals surface area contributed by atoms with Gasteiger partial charge in [-0.3, -0.25) is 9.59 Å². The largest absolute Gasteiger partial charge is 0.344 e. The summed E-state index contributed by atoms with van der Waals surface area (Å²) in [5.41, 5.74) is 9.17. The molecule has 0 aliphatic carbocycles. The quantitative estimate of drug-likeness (QED) is 0.300. The van der Waals surface area contributed by atoms with Crippen molar-refractivity contribution in [2.75, 3.05) is 18.8 Å². The summed E-state index contributed by atoms with van der Waals surface area (Å²) in [6, 6.07) is 24.0. The number of amides is 2. The Labute approximate surface area is 260 Å². The molecule has 1 atom stereocenters. The second-order valence-electron chi connectivity index (χ2n) is 11.8. The highest BCUT2D eigenvalue weighted by molar-refractivity contribution is 7.92. The Morgan fingerprint density at radius 1 is 0.930 bits per heavy atom. The van der Waals surface area contributed by atoms with Crippen molar-refractivity contribution in [1.82, 2.24) is 10.2 Å². The van der Waals surface area contributed by atoms with E-state index in [0.29, 0.717) is 50.3 Å². The van der Waals surface area contributed by atoms with E-state index in [4.69, 9.17) is 17.3 Å². The molecule has 1 aliphatic rings. The zero-order chi connectivity index (χ0) is 31.0. The predicted octanol–water partition coefficient (Wildman–Crippen LogP) is 4.84. The molecule has 4 rings (SSSR count). The number of hydrogen-bond donors (Lipinski definition) is 2. The fourth-order valence-electron chi connectivity index (χ4n) is 5.81. The van der Waals surface area contributed by atoms with Gasteiger partial charge >= 0.3 is 0 Å². The second kappa shape index (κ2) is 14.5. The van der Waals surface area contributed by atoms with Crippen molar-refractivity contribution in [1.29, 1.82) is 0 Å². The molecule has 2 amide bonds. The summed E-state index contributed by atoms with van der Waals surface area (Å²) < 4.78 is 26.2. The number of benzene rings is 3. The van der Waals surface area contributed by atoms with Crippen LogP contribution in [-0.2, 0) is 44.2 Å². The first kappa shape index (κ1) is 32.7. The Morgan fingerprint density at radius 3 is 2.14 bits per heavy atom. The van der Waals surface area contributed by atoms with Crippen LogP contribution < -0.4 is 11.1 Å². The Morgan fingerprint density at radius 2 is 1.53 bits per heavy atom. The van der Waals surface area contributed by atoms with Gasteiger partial charge in [0.2, 0.25) is 11.8 Å². The molecule has 43 heavy (non-hydrogen) atoms. The molecule has 3 aromatic rings. The van der Waals surface area contributed by atoms with Crippen LogP contribution in [-0.4, -0.2) is 55.3 Å². The van der Waals surface area contributed by atoms with Crippen LogP contribution >= 0.6 is 11.6 Å². The molecule has 0 unspecified atom stereocenters. The number of piperidine rings is 1. The van der Waals surface area contributed by atoms with Gasteiger partial charge in [-0.15, -0.1) is 0 Å². The van der Waals surface area contributed by atoms with Crippen LogP contribution in [0, 0.1) is 0 Å². The highest BCUT2D eigenvalue weighted by Gasteiger charge is 2.42. The second-order valence-corrected chi connectivity index (χ2v) is 14.7. The fourth-order valence-corrected chi connectivity index (χ4v) is 7.49. The summed E-state index contributed by atoms with van der Waals surface area (Å²) >= 11 is 6.09. The van der Waals surface area contributed by atoms with E-state index in [2.05, 4.69) is 5.32 Å². The number of nitrogens with one attached hydrogen (secondary N) is 1. The maximum Gasteiger partial charge on any atom is 0.245 e. The molecule has 3 aromatic carbocycles. The molecule has 9 heteroatoms. The average molecular weight is 624 g/mol. The van der Waals surface area contributed by atoms with Gasteiger partial charge in [0.25, 0.3) is 0 Å². The Kier molecular flexibility index (Phi) is 11.0. The van der Waals surface area contributed by atoms with Crippen LogP contribution in [0.1, 0.15) is 55.4 Å².